The van der Waals surface area contributed by atoms with Crippen LogP contribution in [0, 0.1) is 13.8 Å². The van der Waals surface area contributed by atoms with Gasteiger partial charge in [-0.05, 0) is 63.0 Å². The number of likely N-dealkylation sites (tertiary alicyclic amines) is 1. The molecule has 1 saturated heterocycles. The highest BCUT2D eigenvalue weighted by Gasteiger charge is 2.15. The highest BCUT2D eigenvalue weighted by Crippen LogP contribution is 2.22. The van der Waals surface area contributed by atoms with Crippen LogP contribution in [0.1, 0.15) is 29.7 Å². The molecule has 1 atom stereocenters. The molecule has 2 aromatic rings. The van der Waals surface area contributed by atoms with Crippen molar-refractivity contribution >= 4 is 10.9 Å². The largest absolute Gasteiger partial charge is 0.390 e. The Balaban J connectivity index is 1.51. The maximum absolute atomic E-state index is 10.1. The summed E-state index contributed by atoms with van der Waals surface area (Å²) < 4.78 is 0. The van der Waals surface area contributed by atoms with Gasteiger partial charge < -0.3 is 20.3 Å². The van der Waals surface area contributed by atoms with Gasteiger partial charge in [-0.2, -0.15) is 0 Å². The molecule has 0 spiro atoms. The van der Waals surface area contributed by atoms with Crippen molar-refractivity contribution < 1.29 is 5.11 Å². The summed E-state index contributed by atoms with van der Waals surface area (Å²) in [6, 6.07) is 6.54. The molecule has 1 aliphatic heterocycles. The second-order valence-corrected chi connectivity index (χ2v) is 6.55. The van der Waals surface area contributed by atoms with Gasteiger partial charge in [0.15, 0.2) is 0 Å². The lowest BCUT2D eigenvalue weighted by Crippen LogP contribution is -2.36. The number of hydrogen-bond donors (Lipinski definition) is 3. The lowest BCUT2D eigenvalue weighted by atomic mass is 10.1. The van der Waals surface area contributed by atoms with Gasteiger partial charge in [-0.25, -0.2) is 0 Å². The number of aromatic amines is 1. The van der Waals surface area contributed by atoms with E-state index >= 15 is 0 Å². The molecule has 2 heterocycles. The molecule has 1 aromatic carbocycles. The molecule has 3 N–H and O–H groups in total. The lowest BCUT2D eigenvalue weighted by Gasteiger charge is -2.19. The van der Waals surface area contributed by atoms with Crippen molar-refractivity contribution in [2.45, 2.75) is 39.3 Å². The van der Waals surface area contributed by atoms with E-state index in [9.17, 15) is 5.11 Å². The number of benzene rings is 1. The van der Waals surface area contributed by atoms with Crippen LogP contribution < -0.4 is 5.32 Å². The predicted octanol–water partition coefficient (Wildman–Crippen LogP) is 2.33. The maximum Gasteiger partial charge on any atom is 0.0791 e. The van der Waals surface area contributed by atoms with Gasteiger partial charge in [-0.1, -0.05) is 6.07 Å². The Kier molecular flexibility index (Phi) is 4.81. The summed E-state index contributed by atoms with van der Waals surface area (Å²) in [5.41, 5.74) is 5.03. The number of nitrogens with zero attached hydrogens (tertiary/aromatic N) is 1. The van der Waals surface area contributed by atoms with Crippen LogP contribution in [0.5, 0.6) is 0 Å². The van der Waals surface area contributed by atoms with E-state index in [0.717, 1.165) is 26.2 Å². The molecule has 22 heavy (non-hydrogen) atoms. The number of H-pyrrole nitrogens is 1. The van der Waals surface area contributed by atoms with Gasteiger partial charge in [-0.3, -0.25) is 0 Å². The van der Waals surface area contributed by atoms with E-state index in [-0.39, 0.29) is 6.10 Å². The standard InChI is InChI=1S/C18H27N3O/c1-13-14(2)20-18-6-5-15(9-17(13)18)10-19-11-16(22)12-21-7-3-4-8-21/h5-6,9,16,19-20,22H,3-4,7-8,10-12H2,1-2H3. The highest BCUT2D eigenvalue weighted by atomic mass is 16.3. The number of nitrogens with one attached hydrogen (secondary N) is 2. The van der Waals surface area contributed by atoms with E-state index in [1.807, 2.05) is 0 Å². The van der Waals surface area contributed by atoms with Crippen LogP contribution in [0.3, 0.4) is 0 Å². The van der Waals surface area contributed by atoms with Gasteiger partial charge in [-0.15, -0.1) is 0 Å². The number of aryl methyl sites for hydroxylation is 2. The molecule has 0 bridgehead atoms. The fraction of sp³-hybridized carbons (Fsp3) is 0.556. The Labute approximate surface area is 132 Å². The molecule has 0 saturated carbocycles. The number of hydrogen-bond acceptors (Lipinski definition) is 3. The third-order valence-electron chi connectivity index (χ3n) is 4.75. The van der Waals surface area contributed by atoms with Crippen molar-refractivity contribution in [1.82, 2.24) is 15.2 Å². The summed E-state index contributed by atoms with van der Waals surface area (Å²) >= 11 is 0. The summed E-state index contributed by atoms with van der Waals surface area (Å²) in [6.45, 7) is 8.80. The van der Waals surface area contributed by atoms with Crippen molar-refractivity contribution in [3.05, 3.63) is 35.0 Å². The second-order valence-electron chi connectivity index (χ2n) is 6.55. The van der Waals surface area contributed by atoms with Crippen LogP contribution in [-0.2, 0) is 6.54 Å². The van der Waals surface area contributed by atoms with E-state index in [1.54, 1.807) is 0 Å². The van der Waals surface area contributed by atoms with Crippen LogP contribution in [-0.4, -0.2) is 47.3 Å². The van der Waals surface area contributed by atoms with Crippen LogP contribution in [0.4, 0.5) is 0 Å². The fourth-order valence-electron chi connectivity index (χ4n) is 3.33. The second kappa shape index (κ2) is 6.82. The summed E-state index contributed by atoms with van der Waals surface area (Å²) in [5.74, 6) is 0. The van der Waals surface area contributed by atoms with Crippen molar-refractivity contribution in [2.24, 2.45) is 0 Å². The summed E-state index contributed by atoms with van der Waals surface area (Å²) in [7, 11) is 0. The molecule has 120 valence electrons. The van der Waals surface area contributed by atoms with Crippen LogP contribution in [0.2, 0.25) is 0 Å². The molecule has 1 fully saturated rings. The number of fused-ring (bicyclic) bond motifs is 1. The van der Waals surface area contributed by atoms with Crippen LogP contribution in [0.15, 0.2) is 18.2 Å². The first-order chi connectivity index (χ1) is 10.6. The monoisotopic (exact) mass is 301 g/mol. The lowest BCUT2D eigenvalue weighted by molar-refractivity contribution is 0.123. The summed E-state index contributed by atoms with van der Waals surface area (Å²) in [5, 5.41) is 14.8. The van der Waals surface area contributed by atoms with E-state index in [4.69, 9.17) is 0 Å². The smallest absolute Gasteiger partial charge is 0.0791 e. The number of β-amino-alcohol motifs (C(OH)–C–C–N with tert-alkyl or cyclic N) is 1. The van der Waals surface area contributed by atoms with Gasteiger partial charge in [0.2, 0.25) is 0 Å². The van der Waals surface area contributed by atoms with Crippen molar-refractivity contribution in [3.63, 3.8) is 0 Å². The van der Waals surface area contributed by atoms with Gasteiger partial charge in [0.25, 0.3) is 0 Å². The molecule has 0 amide bonds. The third-order valence-corrected chi connectivity index (χ3v) is 4.75. The SMILES string of the molecule is Cc1[nH]c2ccc(CNCC(O)CN3CCCC3)cc2c1C. The average molecular weight is 301 g/mol. The Hall–Kier alpha value is -1.36. The summed E-state index contributed by atoms with van der Waals surface area (Å²) in [6.07, 6.45) is 2.27. The first kappa shape index (κ1) is 15.5. The number of rotatable bonds is 6. The average Bonchev–Trinajstić information content (AvgIpc) is 3.09. The van der Waals surface area contributed by atoms with Gasteiger partial charge in [0.05, 0.1) is 6.10 Å². The van der Waals surface area contributed by atoms with E-state index in [2.05, 4.69) is 47.2 Å². The van der Waals surface area contributed by atoms with Crippen molar-refractivity contribution in [1.29, 1.82) is 0 Å². The minimum absolute atomic E-state index is 0.280. The number of aliphatic hydroxyl groups excluding tert-OH is 1. The number of aliphatic hydroxyl groups is 1. The first-order valence-corrected chi connectivity index (χ1v) is 8.32. The molecule has 4 nitrogen and oxygen atoms in total. The zero-order valence-corrected chi connectivity index (χ0v) is 13.7. The normalized spacial score (nSPS) is 17.4. The Bertz CT molecular complexity index is 629. The first-order valence-electron chi connectivity index (χ1n) is 8.32. The van der Waals surface area contributed by atoms with E-state index < -0.39 is 0 Å². The molecular formula is C18H27N3O. The Morgan fingerprint density at radius 1 is 1.27 bits per heavy atom. The van der Waals surface area contributed by atoms with E-state index in [1.165, 1.54) is 40.6 Å². The Morgan fingerprint density at radius 2 is 2.05 bits per heavy atom. The molecule has 0 aliphatic carbocycles. The molecule has 1 unspecified atom stereocenters. The molecule has 0 radical (unpaired) electrons. The summed E-state index contributed by atoms with van der Waals surface area (Å²) in [4.78, 5) is 5.75. The van der Waals surface area contributed by atoms with Gasteiger partial charge in [0, 0.05) is 36.2 Å². The zero-order chi connectivity index (χ0) is 15.5. The molecule has 1 aromatic heterocycles. The predicted molar refractivity (Wildman–Crippen MR) is 91.2 cm³/mol. The quantitative estimate of drug-likeness (QED) is 0.767. The molecule has 4 heteroatoms. The van der Waals surface area contributed by atoms with Crippen molar-refractivity contribution in [3.8, 4) is 0 Å². The Morgan fingerprint density at radius 3 is 2.82 bits per heavy atom. The third kappa shape index (κ3) is 3.51. The minimum Gasteiger partial charge on any atom is -0.390 e. The maximum atomic E-state index is 10.1. The van der Waals surface area contributed by atoms with Gasteiger partial charge in [0.1, 0.15) is 0 Å². The van der Waals surface area contributed by atoms with Gasteiger partial charge >= 0.3 is 0 Å². The van der Waals surface area contributed by atoms with Crippen LogP contribution >= 0.6 is 0 Å². The zero-order valence-electron chi connectivity index (χ0n) is 13.7. The van der Waals surface area contributed by atoms with E-state index in [0.29, 0.717) is 6.54 Å². The minimum atomic E-state index is -0.280. The van der Waals surface area contributed by atoms with Crippen LogP contribution in [0.25, 0.3) is 10.9 Å². The number of aromatic nitrogens is 1. The van der Waals surface area contributed by atoms with Crippen molar-refractivity contribution in [2.75, 3.05) is 26.2 Å². The molecule has 3 rings (SSSR count). The molecule has 1 aliphatic rings. The molecular weight excluding hydrogens is 274 g/mol. The highest BCUT2D eigenvalue weighted by molar-refractivity contribution is 5.84. The topological polar surface area (TPSA) is 51.3 Å². The fourth-order valence-corrected chi connectivity index (χ4v) is 3.33.